The van der Waals surface area contributed by atoms with E-state index in [-0.39, 0.29) is 5.82 Å². The molecular weight excluding hydrogens is 291 g/mol. The summed E-state index contributed by atoms with van der Waals surface area (Å²) in [6.45, 7) is 2.86. The molecule has 0 radical (unpaired) electrons. The largest absolute Gasteiger partial charge is 0.327 e. The number of anilines is 4. The van der Waals surface area contributed by atoms with Gasteiger partial charge in [0.1, 0.15) is 11.6 Å². The van der Waals surface area contributed by atoms with Crippen LogP contribution in [0.5, 0.6) is 0 Å². The van der Waals surface area contributed by atoms with Gasteiger partial charge in [-0.3, -0.25) is 0 Å². The first-order chi connectivity index (χ1) is 11.3. The summed E-state index contributed by atoms with van der Waals surface area (Å²) in [7, 11) is 0. The van der Waals surface area contributed by atoms with Gasteiger partial charge in [-0.1, -0.05) is 18.2 Å². The van der Waals surface area contributed by atoms with Crippen LogP contribution in [-0.2, 0) is 0 Å². The summed E-state index contributed by atoms with van der Waals surface area (Å²) in [5, 5.41) is 3.09. The fourth-order valence-corrected chi connectivity index (χ4v) is 2.31. The average molecular weight is 308 g/mol. The first kappa shape index (κ1) is 15.0. The molecule has 23 heavy (non-hydrogen) atoms. The molecule has 0 unspecified atom stereocenters. The maximum atomic E-state index is 13.0. The molecule has 5 heteroatoms. The molecule has 3 rings (SSSR count). The zero-order valence-corrected chi connectivity index (χ0v) is 12.8. The van der Waals surface area contributed by atoms with Crippen LogP contribution in [0.1, 0.15) is 6.92 Å². The average Bonchev–Trinajstić information content (AvgIpc) is 2.59. The monoisotopic (exact) mass is 308 g/mol. The standard InChI is InChI=1S/C18H17FN4/c1-2-23(16-6-4-3-5-7-16)17-12-13-20-18(22-17)21-15-10-8-14(19)9-11-15/h3-13H,2H2,1H3,(H,20,21,22). The number of hydrogen-bond acceptors (Lipinski definition) is 4. The van der Waals surface area contributed by atoms with Gasteiger partial charge in [0, 0.05) is 24.1 Å². The third kappa shape index (κ3) is 3.63. The summed E-state index contributed by atoms with van der Waals surface area (Å²) in [4.78, 5) is 10.9. The van der Waals surface area contributed by atoms with Crippen molar-refractivity contribution in [2.24, 2.45) is 0 Å². The van der Waals surface area contributed by atoms with Crippen molar-refractivity contribution in [2.75, 3.05) is 16.8 Å². The molecule has 0 bridgehead atoms. The molecule has 0 atom stereocenters. The molecule has 1 aromatic heterocycles. The fraction of sp³-hybridized carbons (Fsp3) is 0.111. The second kappa shape index (κ2) is 6.87. The van der Waals surface area contributed by atoms with Crippen molar-refractivity contribution in [3.05, 3.63) is 72.7 Å². The Labute approximate surface area is 134 Å². The summed E-state index contributed by atoms with van der Waals surface area (Å²) in [6.07, 6.45) is 1.71. The van der Waals surface area contributed by atoms with E-state index < -0.39 is 0 Å². The van der Waals surface area contributed by atoms with Gasteiger partial charge in [-0.25, -0.2) is 9.37 Å². The number of halogens is 1. The number of hydrogen-bond donors (Lipinski definition) is 1. The highest BCUT2D eigenvalue weighted by Gasteiger charge is 2.09. The minimum absolute atomic E-state index is 0.272. The van der Waals surface area contributed by atoms with Gasteiger partial charge >= 0.3 is 0 Å². The van der Waals surface area contributed by atoms with E-state index in [1.165, 1.54) is 12.1 Å². The molecule has 0 fully saturated rings. The molecule has 4 nitrogen and oxygen atoms in total. The van der Waals surface area contributed by atoms with Crippen LogP contribution in [0.15, 0.2) is 66.9 Å². The lowest BCUT2D eigenvalue weighted by Gasteiger charge is -2.22. The van der Waals surface area contributed by atoms with Gasteiger partial charge in [0.25, 0.3) is 0 Å². The molecule has 1 N–H and O–H groups in total. The molecule has 0 aliphatic rings. The molecular formula is C18H17FN4. The van der Waals surface area contributed by atoms with Crippen LogP contribution in [0, 0.1) is 5.82 Å². The highest BCUT2D eigenvalue weighted by Crippen LogP contribution is 2.24. The Morgan fingerprint density at radius 1 is 1.00 bits per heavy atom. The van der Waals surface area contributed by atoms with Crippen molar-refractivity contribution < 1.29 is 4.39 Å². The lowest BCUT2D eigenvalue weighted by Crippen LogP contribution is -2.17. The minimum Gasteiger partial charge on any atom is -0.327 e. The van der Waals surface area contributed by atoms with Crippen molar-refractivity contribution in [3.63, 3.8) is 0 Å². The maximum Gasteiger partial charge on any atom is 0.229 e. The van der Waals surface area contributed by atoms with E-state index in [4.69, 9.17) is 0 Å². The molecule has 1 heterocycles. The Balaban J connectivity index is 1.85. The Hall–Kier alpha value is -2.95. The van der Waals surface area contributed by atoms with Gasteiger partial charge in [-0.05, 0) is 49.4 Å². The smallest absolute Gasteiger partial charge is 0.229 e. The second-order valence-electron chi connectivity index (χ2n) is 4.95. The Bertz CT molecular complexity index is 759. The fourth-order valence-electron chi connectivity index (χ4n) is 2.31. The molecule has 0 aliphatic heterocycles. The van der Waals surface area contributed by atoms with Gasteiger partial charge < -0.3 is 10.2 Å². The summed E-state index contributed by atoms with van der Waals surface area (Å²) in [5.74, 6) is 1.01. The number of nitrogens with zero attached hydrogens (tertiary/aromatic N) is 3. The molecule has 0 spiro atoms. The van der Waals surface area contributed by atoms with Crippen molar-refractivity contribution in [2.45, 2.75) is 6.92 Å². The Kier molecular flexibility index (Phi) is 4.47. The lowest BCUT2D eigenvalue weighted by atomic mass is 10.3. The van der Waals surface area contributed by atoms with Gasteiger partial charge in [0.15, 0.2) is 0 Å². The van der Waals surface area contributed by atoms with Crippen LogP contribution in [-0.4, -0.2) is 16.5 Å². The van der Waals surface area contributed by atoms with Crippen molar-refractivity contribution >= 4 is 23.1 Å². The third-order valence-electron chi connectivity index (χ3n) is 3.40. The van der Waals surface area contributed by atoms with Crippen molar-refractivity contribution in [1.29, 1.82) is 0 Å². The Morgan fingerprint density at radius 2 is 1.74 bits per heavy atom. The molecule has 0 saturated heterocycles. The summed E-state index contributed by atoms with van der Waals surface area (Å²) >= 11 is 0. The van der Waals surface area contributed by atoms with E-state index in [1.54, 1.807) is 18.3 Å². The summed E-state index contributed by atoms with van der Waals surface area (Å²) in [6, 6.07) is 18.0. The molecule has 0 saturated carbocycles. The predicted octanol–water partition coefficient (Wildman–Crippen LogP) is 4.52. The Morgan fingerprint density at radius 3 is 2.43 bits per heavy atom. The SMILES string of the molecule is CCN(c1ccccc1)c1ccnc(Nc2ccc(F)cc2)n1. The number of aromatic nitrogens is 2. The zero-order valence-electron chi connectivity index (χ0n) is 12.8. The molecule has 3 aromatic rings. The van der Waals surface area contributed by atoms with E-state index in [1.807, 2.05) is 36.4 Å². The summed E-state index contributed by atoms with van der Waals surface area (Å²) in [5.41, 5.74) is 1.81. The van der Waals surface area contributed by atoms with E-state index >= 15 is 0 Å². The number of benzene rings is 2. The summed E-state index contributed by atoms with van der Waals surface area (Å²) < 4.78 is 13.0. The molecule has 116 valence electrons. The quantitative estimate of drug-likeness (QED) is 0.752. The van der Waals surface area contributed by atoms with Crippen LogP contribution >= 0.6 is 0 Å². The number of para-hydroxylation sites is 1. The maximum absolute atomic E-state index is 13.0. The van der Waals surface area contributed by atoms with Gasteiger partial charge in [0.05, 0.1) is 0 Å². The minimum atomic E-state index is -0.272. The number of rotatable bonds is 5. The van der Waals surface area contributed by atoms with E-state index in [2.05, 4.69) is 27.1 Å². The van der Waals surface area contributed by atoms with Gasteiger partial charge in [-0.2, -0.15) is 4.98 Å². The van der Waals surface area contributed by atoms with Crippen LogP contribution < -0.4 is 10.2 Å². The highest BCUT2D eigenvalue weighted by molar-refractivity contribution is 5.61. The van der Waals surface area contributed by atoms with Crippen LogP contribution in [0.3, 0.4) is 0 Å². The van der Waals surface area contributed by atoms with E-state index in [9.17, 15) is 4.39 Å². The third-order valence-corrected chi connectivity index (χ3v) is 3.40. The lowest BCUT2D eigenvalue weighted by molar-refractivity contribution is 0.628. The van der Waals surface area contributed by atoms with E-state index in [0.29, 0.717) is 5.95 Å². The zero-order chi connectivity index (χ0) is 16.1. The molecule has 0 amide bonds. The molecule has 2 aromatic carbocycles. The topological polar surface area (TPSA) is 41.1 Å². The van der Waals surface area contributed by atoms with Crippen LogP contribution in [0.4, 0.5) is 27.5 Å². The van der Waals surface area contributed by atoms with Gasteiger partial charge in [0.2, 0.25) is 5.95 Å². The van der Waals surface area contributed by atoms with Crippen molar-refractivity contribution in [3.8, 4) is 0 Å². The molecule has 0 aliphatic carbocycles. The first-order valence-corrected chi connectivity index (χ1v) is 7.44. The predicted molar refractivity (Wildman–Crippen MR) is 90.8 cm³/mol. The van der Waals surface area contributed by atoms with Gasteiger partial charge in [-0.15, -0.1) is 0 Å². The van der Waals surface area contributed by atoms with Crippen molar-refractivity contribution in [1.82, 2.24) is 9.97 Å². The van der Waals surface area contributed by atoms with Crippen LogP contribution in [0.2, 0.25) is 0 Å². The second-order valence-corrected chi connectivity index (χ2v) is 4.95. The highest BCUT2D eigenvalue weighted by atomic mass is 19.1. The number of nitrogens with one attached hydrogen (secondary N) is 1. The normalized spacial score (nSPS) is 10.3. The first-order valence-electron chi connectivity index (χ1n) is 7.44. The van der Waals surface area contributed by atoms with E-state index in [0.717, 1.165) is 23.7 Å². The van der Waals surface area contributed by atoms with Crippen LogP contribution in [0.25, 0.3) is 0 Å².